The van der Waals surface area contributed by atoms with Crippen LogP contribution in [-0.2, 0) is 20.7 Å². The van der Waals surface area contributed by atoms with Crippen molar-refractivity contribution >= 4 is 17.6 Å². The van der Waals surface area contributed by atoms with Crippen molar-refractivity contribution in [1.29, 1.82) is 0 Å². The van der Waals surface area contributed by atoms with E-state index < -0.39 is 16.9 Å². The van der Waals surface area contributed by atoms with Crippen molar-refractivity contribution in [2.24, 2.45) is 0 Å². The minimum atomic E-state index is -0.859. The molecule has 1 atom stereocenters. The Bertz CT molecular complexity index is 785. The molecule has 0 radical (unpaired) electrons. The van der Waals surface area contributed by atoms with Crippen LogP contribution in [0.2, 0.25) is 0 Å². The highest BCUT2D eigenvalue weighted by Gasteiger charge is 2.26. The van der Waals surface area contributed by atoms with E-state index in [0.29, 0.717) is 12.2 Å². The summed E-state index contributed by atoms with van der Waals surface area (Å²) in [5, 5.41) is 14.0. The first-order valence-corrected chi connectivity index (χ1v) is 8.61. The van der Waals surface area contributed by atoms with Crippen molar-refractivity contribution in [1.82, 2.24) is 5.32 Å². The minimum absolute atomic E-state index is 0.129. The summed E-state index contributed by atoms with van der Waals surface area (Å²) in [6, 6.07) is 8.64. The molecule has 2 aromatic rings. The Labute approximate surface area is 156 Å². The molecule has 8 nitrogen and oxygen atoms in total. The number of hydrogen-bond donors (Lipinski definition) is 1. The van der Waals surface area contributed by atoms with Crippen LogP contribution < -0.4 is 5.32 Å². The third-order valence-corrected chi connectivity index (χ3v) is 3.76. The highest BCUT2D eigenvalue weighted by Crippen LogP contribution is 2.27. The lowest BCUT2D eigenvalue weighted by Gasteiger charge is -2.19. The van der Waals surface area contributed by atoms with Crippen molar-refractivity contribution in [2.75, 3.05) is 0 Å². The fourth-order valence-electron chi connectivity index (χ4n) is 2.62. The molecule has 0 spiro atoms. The van der Waals surface area contributed by atoms with E-state index >= 15 is 0 Å². The van der Waals surface area contributed by atoms with Crippen molar-refractivity contribution in [3.63, 3.8) is 0 Å². The second-order valence-corrected chi connectivity index (χ2v) is 6.26. The van der Waals surface area contributed by atoms with Crippen LogP contribution in [0.4, 0.5) is 5.69 Å². The molecule has 27 heavy (non-hydrogen) atoms. The predicted octanol–water partition coefficient (Wildman–Crippen LogP) is 3.32. The Morgan fingerprint density at radius 1 is 1.22 bits per heavy atom. The lowest BCUT2D eigenvalue weighted by atomic mass is 10.0. The monoisotopic (exact) mass is 374 g/mol. The average molecular weight is 374 g/mol. The predicted molar refractivity (Wildman–Crippen MR) is 96.9 cm³/mol. The number of nitro benzene ring substituents is 1. The molecular formula is C19H22N2O6. The molecule has 144 valence electrons. The Morgan fingerprint density at radius 2 is 1.96 bits per heavy atom. The number of furan rings is 1. The van der Waals surface area contributed by atoms with E-state index in [1.54, 1.807) is 32.0 Å². The first kappa shape index (κ1) is 20.2. The molecule has 0 saturated heterocycles. The van der Waals surface area contributed by atoms with E-state index in [4.69, 9.17) is 9.15 Å². The van der Waals surface area contributed by atoms with Crippen LogP contribution in [0.5, 0.6) is 0 Å². The number of carbonyl (C=O) groups excluding carboxylic acids is 2. The third kappa shape index (κ3) is 6.25. The summed E-state index contributed by atoms with van der Waals surface area (Å²) in [6.45, 7) is 3.42. The van der Waals surface area contributed by atoms with E-state index in [2.05, 4.69) is 5.32 Å². The maximum absolute atomic E-state index is 12.3. The van der Waals surface area contributed by atoms with Gasteiger partial charge in [0.15, 0.2) is 0 Å². The van der Waals surface area contributed by atoms with Crippen LogP contribution >= 0.6 is 0 Å². The highest BCUT2D eigenvalue weighted by atomic mass is 16.6. The van der Waals surface area contributed by atoms with E-state index in [1.165, 1.54) is 24.5 Å². The van der Waals surface area contributed by atoms with E-state index in [0.717, 1.165) is 0 Å². The molecule has 1 amide bonds. The molecule has 0 aliphatic rings. The number of nitro groups is 1. The van der Waals surface area contributed by atoms with Crippen molar-refractivity contribution in [3.8, 4) is 0 Å². The van der Waals surface area contributed by atoms with Gasteiger partial charge in [-0.3, -0.25) is 19.7 Å². The van der Waals surface area contributed by atoms with Gasteiger partial charge in [0.25, 0.3) is 5.69 Å². The maximum atomic E-state index is 12.3. The molecule has 2 rings (SSSR count). The Hall–Kier alpha value is -3.16. The first-order chi connectivity index (χ1) is 12.9. The standard InChI is InChI=1S/C19H22N2O6/c1-13(2)27-19(23)12-16(15-7-3-4-8-17(15)21(24)25)20-18(22)10-9-14-6-5-11-26-14/h3-8,11,13,16H,9-10,12H2,1-2H3,(H,20,22). The Morgan fingerprint density at radius 3 is 2.59 bits per heavy atom. The molecule has 0 bridgehead atoms. The van der Waals surface area contributed by atoms with Crippen molar-refractivity contribution < 1.29 is 23.7 Å². The van der Waals surface area contributed by atoms with Crippen LogP contribution in [0.3, 0.4) is 0 Å². The van der Waals surface area contributed by atoms with Crippen LogP contribution in [0.15, 0.2) is 47.1 Å². The summed E-state index contributed by atoms with van der Waals surface area (Å²) in [6.07, 6.45) is 1.52. The van der Waals surface area contributed by atoms with Gasteiger partial charge in [-0.1, -0.05) is 18.2 Å². The zero-order chi connectivity index (χ0) is 19.8. The lowest BCUT2D eigenvalue weighted by molar-refractivity contribution is -0.385. The van der Waals surface area contributed by atoms with Gasteiger partial charge in [0.2, 0.25) is 5.91 Å². The summed E-state index contributed by atoms with van der Waals surface area (Å²) in [7, 11) is 0. The van der Waals surface area contributed by atoms with Crippen LogP contribution in [-0.4, -0.2) is 22.9 Å². The molecule has 1 aromatic heterocycles. The number of carbonyl (C=O) groups is 2. The number of rotatable bonds is 9. The van der Waals surface area contributed by atoms with Gasteiger partial charge in [0.1, 0.15) is 5.76 Å². The first-order valence-electron chi connectivity index (χ1n) is 8.61. The van der Waals surface area contributed by atoms with Crippen LogP contribution in [0.25, 0.3) is 0 Å². The topological polar surface area (TPSA) is 112 Å². The number of ether oxygens (including phenoxy) is 1. The molecule has 0 aliphatic carbocycles. The summed E-state index contributed by atoms with van der Waals surface area (Å²) in [5.41, 5.74) is 0.0979. The molecule has 1 heterocycles. The molecular weight excluding hydrogens is 352 g/mol. The molecule has 1 aromatic carbocycles. The number of amides is 1. The van der Waals surface area contributed by atoms with E-state index in [1.807, 2.05) is 0 Å². The van der Waals surface area contributed by atoms with Crippen LogP contribution in [0.1, 0.15) is 44.1 Å². The quantitative estimate of drug-likeness (QED) is 0.409. The number of hydrogen-bond acceptors (Lipinski definition) is 6. The molecule has 1 N–H and O–H groups in total. The van der Waals surface area contributed by atoms with Gasteiger partial charge in [-0.15, -0.1) is 0 Å². The summed E-state index contributed by atoms with van der Waals surface area (Å²) in [5.74, 6) is -0.224. The zero-order valence-electron chi connectivity index (χ0n) is 15.2. The summed E-state index contributed by atoms with van der Waals surface area (Å²) >= 11 is 0. The fourth-order valence-corrected chi connectivity index (χ4v) is 2.62. The zero-order valence-corrected chi connectivity index (χ0v) is 15.2. The largest absolute Gasteiger partial charge is 0.469 e. The number of benzene rings is 1. The second kappa shape index (κ2) is 9.51. The molecule has 0 fully saturated rings. The van der Waals surface area contributed by atoms with E-state index in [-0.39, 0.29) is 36.1 Å². The SMILES string of the molecule is CC(C)OC(=O)CC(NC(=O)CCc1ccco1)c1ccccc1[N+](=O)[O-]. The summed E-state index contributed by atoms with van der Waals surface area (Å²) < 4.78 is 10.3. The number of aryl methyl sites for hydroxylation is 1. The van der Waals surface area contributed by atoms with Gasteiger partial charge in [-0.2, -0.15) is 0 Å². The van der Waals surface area contributed by atoms with Crippen molar-refractivity contribution in [2.45, 2.75) is 45.3 Å². The molecule has 8 heteroatoms. The van der Waals surface area contributed by atoms with Crippen LogP contribution in [0, 0.1) is 10.1 Å². The summed E-state index contributed by atoms with van der Waals surface area (Å²) in [4.78, 5) is 35.2. The molecule has 1 unspecified atom stereocenters. The highest BCUT2D eigenvalue weighted by molar-refractivity contribution is 5.78. The second-order valence-electron chi connectivity index (χ2n) is 6.26. The van der Waals surface area contributed by atoms with Gasteiger partial charge >= 0.3 is 5.97 Å². The third-order valence-electron chi connectivity index (χ3n) is 3.76. The smallest absolute Gasteiger partial charge is 0.308 e. The van der Waals surface area contributed by atoms with E-state index in [9.17, 15) is 19.7 Å². The van der Waals surface area contributed by atoms with Crippen molar-refractivity contribution in [3.05, 3.63) is 64.1 Å². The Kier molecular flexibility index (Phi) is 7.10. The fraction of sp³-hybridized carbons (Fsp3) is 0.368. The minimum Gasteiger partial charge on any atom is -0.469 e. The van der Waals surface area contributed by atoms with Gasteiger partial charge in [-0.05, 0) is 26.0 Å². The van der Waals surface area contributed by atoms with Gasteiger partial charge < -0.3 is 14.5 Å². The average Bonchev–Trinajstić information content (AvgIpc) is 3.12. The maximum Gasteiger partial charge on any atom is 0.308 e. The molecule has 0 saturated carbocycles. The number of nitrogens with one attached hydrogen (secondary N) is 1. The Balaban J connectivity index is 2.15. The lowest BCUT2D eigenvalue weighted by Crippen LogP contribution is -2.31. The van der Waals surface area contributed by atoms with Gasteiger partial charge in [0.05, 0.1) is 35.3 Å². The normalized spacial score (nSPS) is 11.8. The number of para-hydroxylation sites is 1. The number of nitrogens with zero attached hydrogens (tertiary/aromatic N) is 1. The number of esters is 1. The van der Waals surface area contributed by atoms with Gasteiger partial charge in [0, 0.05) is 18.9 Å². The van der Waals surface area contributed by atoms with Gasteiger partial charge in [-0.25, -0.2) is 0 Å². The molecule has 0 aliphatic heterocycles.